The summed E-state index contributed by atoms with van der Waals surface area (Å²) in [5.41, 5.74) is 9.78. The Morgan fingerprint density at radius 3 is 2.70 bits per heavy atom. The molecule has 1 heterocycles. The highest BCUT2D eigenvalue weighted by Gasteiger charge is 3.34. The van der Waals surface area contributed by atoms with Crippen LogP contribution in [-0.2, 0) is 4.79 Å². The van der Waals surface area contributed by atoms with Gasteiger partial charge in [0.2, 0.25) is 5.91 Å². The first-order chi connectivity index (χ1) is 9.70. The summed E-state index contributed by atoms with van der Waals surface area (Å²) >= 11 is 0. The topological polar surface area (TPSA) is 43.1 Å². The molecule has 0 aromatic heterocycles. The molecule has 2 N–H and O–H groups in total. The minimum absolute atomic E-state index is 0.0259. The number of nitrogens with two attached hydrogens (primary N) is 1. The Morgan fingerprint density at radius 1 is 1.15 bits per heavy atom. The second-order valence-electron chi connectivity index (χ2n) is 8.75. The van der Waals surface area contributed by atoms with Crippen molar-refractivity contribution in [2.45, 2.75) is 30.3 Å². The average Bonchev–Trinajstić information content (AvgIpc) is 3.35. The first-order valence-corrected chi connectivity index (χ1v) is 9.99. The summed E-state index contributed by atoms with van der Waals surface area (Å²) in [5.74, 6) is 2.68. The van der Waals surface area contributed by atoms with E-state index in [-0.39, 0.29) is 20.8 Å². The van der Waals surface area contributed by atoms with Crippen molar-refractivity contribution in [3.63, 3.8) is 0 Å². The molecular weight excluding hydrogens is 262 g/mol. The molecule has 0 aromatic rings. The molecule has 9 unspecified atom stereocenters. The lowest BCUT2D eigenvalue weighted by molar-refractivity contribution is -0.129. The molecule has 1 saturated heterocycles. The molecule has 102 valence electrons. The second kappa shape index (κ2) is 2.21. The van der Waals surface area contributed by atoms with E-state index in [0.29, 0.717) is 10.8 Å². The second-order valence-corrected chi connectivity index (χ2v) is 11.1. The van der Waals surface area contributed by atoms with Crippen molar-refractivity contribution < 1.29 is 4.79 Å². The van der Waals surface area contributed by atoms with Crippen molar-refractivity contribution in [2.75, 3.05) is 0 Å². The predicted molar refractivity (Wildman–Crippen MR) is 77.6 cm³/mol. The van der Waals surface area contributed by atoms with E-state index in [2.05, 4.69) is 24.3 Å². The molecule has 2 bridgehead atoms. The van der Waals surface area contributed by atoms with Gasteiger partial charge in [-0.15, -0.1) is 0 Å². The Morgan fingerprint density at radius 2 is 2.00 bits per heavy atom. The lowest BCUT2D eigenvalue weighted by Gasteiger charge is -2.43. The highest BCUT2D eigenvalue weighted by Crippen LogP contribution is 3.35. The van der Waals surface area contributed by atoms with Gasteiger partial charge in [-0.3, -0.25) is 4.79 Å². The fourth-order valence-electron chi connectivity index (χ4n) is 9.07. The largest absolute Gasteiger partial charge is 0.369 e. The molecule has 3 heteroatoms. The maximum Gasteiger partial charge on any atom is 0.224 e. The van der Waals surface area contributed by atoms with Crippen LogP contribution in [0, 0.1) is 39.4 Å². The van der Waals surface area contributed by atoms with Crippen LogP contribution in [0.1, 0.15) is 19.3 Å². The summed E-state index contributed by atoms with van der Waals surface area (Å²) in [7, 11) is 0.0259. The molecule has 2 spiro atoms. The van der Waals surface area contributed by atoms with E-state index in [1.165, 1.54) is 12.8 Å². The van der Waals surface area contributed by atoms with Crippen molar-refractivity contribution in [2.24, 2.45) is 45.1 Å². The van der Waals surface area contributed by atoms with Gasteiger partial charge >= 0.3 is 0 Å². The van der Waals surface area contributed by atoms with Gasteiger partial charge in [0.15, 0.2) is 0 Å². The van der Waals surface area contributed by atoms with Crippen molar-refractivity contribution in [1.82, 2.24) is 0 Å². The molecule has 20 heavy (non-hydrogen) atoms. The maximum atomic E-state index is 11.8. The third-order valence-electron chi connectivity index (χ3n) is 9.28. The van der Waals surface area contributed by atoms with Crippen molar-refractivity contribution in [3.05, 3.63) is 24.3 Å². The average molecular weight is 281 g/mol. The first kappa shape index (κ1) is 9.99. The number of rotatable bonds is 2. The molecule has 7 fully saturated rings. The van der Waals surface area contributed by atoms with E-state index in [4.69, 9.17) is 5.73 Å². The SMILES string of the molecule is NC(=O)C12CCC3(C4CC5C=CC=CC5[SiH2]4)C4C15C2C435. The fourth-order valence-corrected chi connectivity index (χ4v) is 12.5. The number of carbonyl (C=O) groups is 1. The smallest absolute Gasteiger partial charge is 0.224 e. The summed E-state index contributed by atoms with van der Waals surface area (Å²) < 4.78 is 0. The molecule has 8 rings (SSSR count). The minimum atomic E-state index is 0.0259. The predicted octanol–water partition coefficient (Wildman–Crippen LogP) is 1.39. The Bertz CT molecular complexity index is 679. The summed E-state index contributed by atoms with van der Waals surface area (Å²) in [6.45, 7) is 0. The summed E-state index contributed by atoms with van der Waals surface area (Å²) in [6, 6.07) is 0. The van der Waals surface area contributed by atoms with E-state index in [1.807, 2.05) is 0 Å². The zero-order valence-electron chi connectivity index (χ0n) is 11.5. The Kier molecular flexibility index (Phi) is 1.11. The van der Waals surface area contributed by atoms with Gasteiger partial charge < -0.3 is 5.73 Å². The lowest BCUT2D eigenvalue weighted by atomic mass is 9.62. The summed E-state index contributed by atoms with van der Waals surface area (Å²) in [5, 5.41) is 0. The van der Waals surface area contributed by atoms with E-state index < -0.39 is 0 Å². The van der Waals surface area contributed by atoms with Crippen LogP contribution < -0.4 is 5.73 Å². The van der Waals surface area contributed by atoms with Crippen molar-refractivity contribution >= 4 is 15.4 Å². The zero-order chi connectivity index (χ0) is 13.1. The molecule has 8 aliphatic rings. The zero-order valence-corrected chi connectivity index (χ0v) is 12.9. The highest BCUT2D eigenvalue weighted by atomic mass is 28.2. The van der Waals surface area contributed by atoms with Gasteiger partial charge in [0.1, 0.15) is 0 Å². The maximum absolute atomic E-state index is 11.8. The van der Waals surface area contributed by atoms with Crippen molar-refractivity contribution in [1.29, 1.82) is 0 Å². The molecule has 6 saturated carbocycles. The lowest BCUT2D eigenvalue weighted by Crippen LogP contribution is -2.44. The molecule has 7 aliphatic carbocycles. The first-order valence-electron chi connectivity index (χ1n) is 8.35. The number of carbonyl (C=O) groups excluding carboxylic acids is 1. The van der Waals surface area contributed by atoms with Gasteiger partial charge in [0.25, 0.3) is 0 Å². The highest BCUT2D eigenvalue weighted by molar-refractivity contribution is 6.43. The Labute approximate surface area is 120 Å². The monoisotopic (exact) mass is 281 g/mol. The Balaban J connectivity index is 1.24. The van der Waals surface area contributed by atoms with Crippen LogP contribution in [0.3, 0.4) is 0 Å². The number of fused-ring (bicyclic) bond motifs is 2. The summed E-state index contributed by atoms with van der Waals surface area (Å²) in [6.07, 6.45) is 13.5. The molecule has 0 radical (unpaired) electrons. The van der Waals surface area contributed by atoms with Crippen LogP contribution in [0.4, 0.5) is 0 Å². The third kappa shape index (κ3) is 0.528. The van der Waals surface area contributed by atoms with Crippen LogP contribution in [0.15, 0.2) is 24.3 Å². The van der Waals surface area contributed by atoms with Gasteiger partial charge in [-0.1, -0.05) is 24.3 Å². The molecule has 1 amide bonds. The van der Waals surface area contributed by atoms with Gasteiger partial charge in [0, 0.05) is 14.9 Å². The van der Waals surface area contributed by atoms with Crippen LogP contribution in [0.25, 0.3) is 0 Å². The van der Waals surface area contributed by atoms with Crippen LogP contribution in [-0.4, -0.2) is 15.4 Å². The molecule has 2 nitrogen and oxygen atoms in total. The van der Waals surface area contributed by atoms with E-state index in [1.54, 1.807) is 0 Å². The number of allylic oxidation sites excluding steroid dienone is 4. The number of primary amides is 1. The third-order valence-corrected chi connectivity index (χ3v) is 12.3. The van der Waals surface area contributed by atoms with Crippen LogP contribution in [0.5, 0.6) is 0 Å². The quantitative estimate of drug-likeness (QED) is 0.764. The Hall–Kier alpha value is -0.833. The molecule has 1 aliphatic heterocycles. The van der Waals surface area contributed by atoms with E-state index >= 15 is 0 Å². The van der Waals surface area contributed by atoms with E-state index in [0.717, 1.165) is 40.7 Å². The van der Waals surface area contributed by atoms with E-state index in [9.17, 15) is 4.79 Å². The van der Waals surface area contributed by atoms with Crippen LogP contribution >= 0.6 is 0 Å². The minimum Gasteiger partial charge on any atom is -0.369 e. The number of hydrogen-bond donors (Lipinski definition) is 1. The normalized spacial score (nSPS) is 75.7. The number of amides is 1. The molecular formula is C17H19NOSi. The van der Waals surface area contributed by atoms with Gasteiger partial charge in [-0.25, -0.2) is 0 Å². The van der Waals surface area contributed by atoms with Crippen molar-refractivity contribution in [3.8, 4) is 0 Å². The van der Waals surface area contributed by atoms with Gasteiger partial charge in [-0.05, 0) is 58.9 Å². The molecule has 9 atom stereocenters. The van der Waals surface area contributed by atoms with Gasteiger partial charge in [0.05, 0.1) is 5.41 Å². The number of hydrogen-bond acceptors (Lipinski definition) is 1. The molecule has 0 aromatic carbocycles. The summed E-state index contributed by atoms with van der Waals surface area (Å²) in [4.78, 5) is 11.8. The van der Waals surface area contributed by atoms with Gasteiger partial charge in [-0.2, -0.15) is 0 Å². The van der Waals surface area contributed by atoms with Crippen LogP contribution in [0.2, 0.25) is 11.1 Å². The fraction of sp³-hybridized carbons (Fsp3) is 0.706. The standard InChI is InChI=1S/C17H19NOSi/c18-13(19)15-6-5-14(11-16(14)12(15)17(11,15)16)10-7-8-3-1-2-4-9(8)20-10/h1-4,8-12H,5-7,20H2,(H2,18,19).